The van der Waals surface area contributed by atoms with Crippen LogP contribution in [0.2, 0.25) is 0 Å². The van der Waals surface area contributed by atoms with Gasteiger partial charge in [0.2, 0.25) is 0 Å². The van der Waals surface area contributed by atoms with Crippen LogP contribution in [0.3, 0.4) is 0 Å². The summed E-state index contributed by atoms with van der Waals surface area (Å²) < 4.78 is 8.07. The second-order valence-electron chi connectivity index (χ2n) is 7.50. The predicted molar refractivity (Wildman–Crippen MR) is 138 cm³/mol. The smallest absolute Gasteiger partial charge is 0.166 e. The molecule has 160 valence electrons. The molecule has 0 radical (unpaired) electrons. The Morgan fingerprint density at radius 1 is 0.710 bits per heavy atom. The van der Waals surface area contributed by atoms with Gasteiger partial charge in [0.1, 0.15) is 5.16 Å². The molecular weight excluding hydrogens is 506 g/mol. The van der Waals surface area contributed by atoms with Crippen molar-refractivity contribution in [1.82, 2.24) is 11.7 Å². The minimum Gasteiger partial charge on any atom is -0.186 e. The molecule has 2 unspecified atom stereocenters. The van der Waals surface area contributed by atoms with E-state index in [0.29, 0.717) is 8.51 Å². The zero-order chi connectivity index (χ0) is 22.2. The van der Waals surface area contributed by atoms with Gasteiger partial charge in [-0.15, -0.1) is 0 Å². The molecule has 0 fully saturated rings. The molecule has 4 rings (SSSR count). The van der Waals surface area contributed by atoms with E-state index in [-0.39, 0.29) is 0 Å². The number of aryl methyl sites for hydroxylation is 3. The quantitative estimate of drug-likeness (QED) is 0.243. The van der Waals surface area contributed by atoms with Crippen LogP contribution in [0.25, 0.3) is 0 Å². The summed E-state index contributed by atoms with van der Waals surface area (Å²) in [6.07, 6.45) is 0. The number of halogens is 3. The first-order chi connectivity index (χ1) is 14.8. The predicted octanol–water partition coefficient (Wildman–Crippen LogP) is 9.13. The molecule has 1 aromatic heterocycles. The maximum absolute atomic E-state index is 6.89. The third-order valence-corrected chi connectivity index (χ3v) is 14.0. The highest BCUT2D eigenvalue weighted by atomic mass is 35.7. The SMILES string of the molecule is Cc1ccc(C(c2ccc(C)cc2)(c2ccc(C)cc2)p2npn(Cl)p(Cl)n2Cl)cc1. The molecule has 0 N–H and O–H groups in total. The fourth-order valence-corrected chi connectivity index (χ4v) is 11.6. The molecule has 9 heteroatoms. The second-order valence-corrected chi connectivity index (χ2v) is 14.9. The Bertz CT molecular complexity index is 1120. The molecule has 31 heavy (non-hydrogen) atoms. The summed E-state index contributed by atoms with van der Waals surface area (Å²) in [5.74, 6) is 0. The summed E-state index contributed by atoms with van der Waals surface area (Å²) in [5, 5.41) is -0.604. The number of rotatable bonds is 4. The maximum Gasteiger partial charge on any atom is 0.166 e. The lowest BCUT2D eigenvalue weighted by Crippen LogP contribution is -2.26. The van der Waals surface area contributed by atoms with Crippen molar-refractivity contribution in [2.45, 2.75) is 25.9 Å². The average Bonchev–Trinajstić information content (AvgIpc) is 2.77. The standard InChI is InChI=1S/C22H21Cl3N3P3/c1-16-4-10-19(11-5-16)22(20-12-6-17(2)7-13-20,21-14-8-18(3)9-15-21)30-26-29-27(23)31(25)28(30)24/h4-15H,1-3H3. The minimum absolute atomic E-state index is 0.604. The zero-order valence-electron chi connectivity index (χ0n) is 17.2. The Hall–Kier alpha value is -1.17. The fraction of sp³-hybridized carbons (Fsp3) is 0.182. The van der Waals surface area contributed by atoms with Gasteiger partial charge in [-0.05, 0) is 48.7 Å². The maximum atomic E-state index is 6.89. The lowest BCUT2D eigenvalue weighted by atomic mass is 9.83. The van der Waals surface area contributed by atoms with Gasteiger partial charge >= 0.3 is 0 Å². The largest absolute Gasteiger partial charge is 0.186 e. The highest BCUT2D eigenvalue weighted by molar-refractivity contribution is 7.80. The first-order valence-corrected chi connectivity index (χ1v) is 14.5. The first-order valence-electron chi connectivity index (χ1n) is 9.64. The van der Waals surface area contributed by atoms with Gasteiger partial charge in [0.25, 0.3) is 0 Å². The minimum atomic E-state index is -1.41. The van der Waals surface area contributed by atoms with Crippen LogP contribution in [0.5, 0.6) is 0 Å². The number of hydrogen-bond donors (Lipinski definition) is 0. The molecule has 0 aliphatic carbocycles. The molecule has 0 amide bonds. The van der Waals surface area contributed by atoms with E-state index in [0.717, 1.165) is 16.7 Å². The Labute approximate surface area is 201 Å². The third-order valence-electron chi connectivity index (χ3n) is 5.34. The molecule has 0 saturated carbocycles. The topological polar surface area (TPSA) is 22.8 Å². The van der Waals surface area contributed by atoms with Crippen molar-refractivity contribution in [3.63, 3.8) is 0 Å². The number of aromatic nitrogens is 3. The summed E-state index contributed by atoms with van der Waals surface area (Å²) in [6.45, 7) is 6.28. The molecule has 4 aromatic rings. The van der Waals surface area contributed by atoms with Gasteiger partial charge in [-0.1, -0.05) is 89.5 Å². The first kappa shape index (κ1) is 23.0. The second kappa shape index (κ2) is 9.36. The third kappa shape index (κ3) is 4.26. The Kier molecular flexibility index (Phi) is 6.95. The van der Waals surface area contributed by atoms with Crippen LogP contribution >= 0.6 is 58.4 Å². The molecule has 1 heterocycles. The monoisotopic (exact) mass is 525 g/mol. The van der Waals surface area contributed by atoms with Gasteiger partial charge in [-0.3, -0.25) is 0 Å². The molecule has 0 spiro atoms. The molecule has 0 aliphatic heterocycles. The molecule has 3 nitrogen and oxygen atoms in total. The summed E-state index contributed by atoms with van der Waals surface area (Å²) in [4.78, 5) is 0. The van der Waals surface area contributed by atoms with Gasteiger partial charge in [-0.25, -0.2) is 0 Å². The molecule has 0 bridgehead atoms. The van der Waals surface area contributed by atoms with Crippen molar-refractivity contribution in [1.29, 1.82) is 0 Å². The summed E-state index contributed by atoms with van der Waals surface area (Å²) in [6, 6.07) is 25.9. The highest BCUT2D eigenvalue weighted by Crippen LogP contribution is 2.60. The van der Waals surface area contributed by atoms with E-state index in [9.17, 15) is 0 Å². The molecular formula is C22H21Cl3N3P3. The van der Waals surface area contributed by atoms with Crippen LogP contribution in [0.1, 0.15) is 33.4 Å². The van der Waals surface area contributed by atoms with E-state index in [4.69, 9.17) is 39.3 Å². The van der Waals surface area contributed by atoms with Crippen molar-refractivity contribution < 1.29 is 0 Å². The molecule has 3 aromatic carbocycles. The normalized spacial score (nSPS) is 13.0. The fourth-order valence-electron chi connectivity index (χ4n) is 3.69. The van der Waals surface area contributed by atoms with Gasteiger partial charge in [-0.2, -0.15) is 11.7 Å². The van der Waals surface area contributed by atoms with Gasteiger partial charge in [0.05, 0.1) is 7.85 Å². The van der Waals surface area contributed by atoms with E-state index in [2.05, 4.69) is 93.6 Å². The van der Waals surface area contributed by atoms with Gasteiger partial charge < -0.3 is 0 Å². The summed E-state index contributed by atoms with van der Waals surface area (Å²) in [5.41, 5.74) is 6.99. The Balaban J connectivity index is 2.18. The van der Waals surface area contributed by atoms with Crippen molar-refractivity contribution in [2.24, 2.45) is 0 Å². The van der Waals surface area contributed by atoms with Crippen molar-refractivity contribution in [2.75, 3.05) is 0 Å². The molecule has 0 aliphatic rings. The van der Waals surface area contributed by atoms with E-state index in [1.54, 1.807) is 3.61 Å². The van der Waals surface area contributed by atoms with Gasteiger partial charge in [0, 0.05) is 23.6 Å². The highest BCUT2D eigenvalue weighted by Gasteiger charge is 2.42. The van der Waals surface area contributed by atoms with Crippen molar-refractivity contribution in [3.8, 4) is 0 Å². The Morgan fingerprint density at radius 2 is 1.06 bits per heavy atom. The number of benzene rings is 3. The van der Waals surface area contributed by atoms with Crippen LogP contribution in [0.4, 0.5) is 0 Å². The van der Waals surface area contributed by atoms with E-state index in [1.165, 1.54) is 20.3 Å². The van der Waals surface area contributed by atoms with Gasteiger partial charge in [0.15, 0.2) is 15.7 Å². The van der Waals surface area contributed by atoms with Crippen molar-refractivity contribution in [3.05, 3.63) is 106 Å². The number of nitrogens with zero attached hydrogens (tertiary/aromatic N) is 3. The molecule has 2 atom stereocenters. The molecule has 0 saturated heterocycles. The summed E-state index contributed by atoms with van der Waals surface area (Å²) in [7, 11) is -2.12. The van der Waals surface area contributed by atoms with Crippen LogP contribution in [-0.4, -0.2) is 11.7 Å². The van der Waals surface area contributed by atoms with E-state index < -0.39 is 20.2 Å². The zero-order valence-corrected chi connectivity index (χ0v) is 22.2. The van der Waals surface area contributed by atoms with Crippen molar-refractivity contribution >= 4 is 58.4 Å². The Morgan fingerprint density at radius 3 is 1.42 bits per heavy atom. The van der Waals surface area contributed by atoms with E-state index in [1.807, 2.05) is 0 Å². The number of hydrogen-bond acceptors (Lipinski definition) is 1. The van der Waals surface area contributed by atoms with Crippen LogP contribution in [0, 0.1) is 20.8 Å². The van der Waals surface area contributed by atoms with E-state index >= 15 is 0 Å². The summed E-state index contributed by atoms with van der Waals surface area (Å²) >= 11 is 19.8. The van der Waals surface area contributed by atoms with Crippen LogP contribution < -0.4 is 0 Å². The lowest BCUT2D eigenvalue weighted by Gasteiger charge is -2.36. The lowest BCUT2D eigenvalue weighted by molar-refractivity contribution is 0.873. The van der Waals surface area contributed by atoms with Crippen LogP contribution in [0.15, 0.2) is 72.8 Å². The van der Waals surface area contributed by atoms with Crippen LogP contribution in [-0.2, 0) is 5.16 Å². The average molecular weight is 527 g/mol.